The van der Waals surface area contributed by atoms with E-state index in [0.29, 0.717) is 11.8 Å². The van der Waals surface area contributed by atoms with Gasteiger partial charge in [0, 0.05) is 6.54 Å². The fraction of sp³-hybridized carbons (Fsp3) is 0.375. The Balaban J connectivity index is 1.46. The van der Waals surface area contributed by atoms with Crippen LogP contribution in [0.5, 0.6) is 11.5 Å². The number of aromatic nitrogens is 1. The molecule has 0 N–H and O–H groups in total. The first kappa shape index (κ1) is 19.5. The first-order valence-corrected chi connectivity index (χ1v) is 10.1. The van der Waals surface area contributed by atoms with E-state index >= 15 is 0 Å². The number of nitrogens with zero attached hydrogens (tertiary/aromatic N) is 2. The van der Waals surface area contributed by atoms with Crippen LogP contribution >= 0.6 is 0 Å². The maximum absolute atomic E-state index is 6.00. The van der Waals surface area contributed by atoms with Crippen molar-refractivity contribution < 1.29 is 13.9 Å². The van der Waals surface area contributed by atoms with Crippen molar-refractivity contribution in [3.05, 3.63) is 65.5 Å². The Morgan fingerprint density at radius 2 is 1.79 bits per heavy atom. The summed E-state index contributed by atoms with van der Waals surface area (Å²) in [6, 6.07) is 16.5. The second-order valence-electron chi connectivity index (χ2n) is 7.55. The number of aryl methyl sites for hydroxylation is 1. The minimum atomic E-state index is 0.576. The summed E-state index contributed by atoms with van der Waals surface area (Å²) in [5.41, 5.74) is 3.25. The van der Waals surface area contributed by atoms with E-state index in [2.05, 4.69) is 35.2 Å². The molecule has 5 nitrogen and oxygen atoms in total. The molecule has 5 heteroatoms. The highest BCUT2D eigenvalue weighted by Crippen LogP contribution is 2.34. The highest BCUT2D eigenvalue weighted by atomic mass is 16.5. The van der Waals surface area contributed by atoms with Crippen LogP contribution in [0.1, 0.15) is 35.8 Å². The maximum Gasteiger partial charge on any atom is 0.230 e. The van der Waals surface area contributed by atoms with Crippen LogP contribution in [-0.2, 0) is 6.54 Å². The normalized spacial score (nSPS) is 15.4. The quantitative estimate of drug-likeness (QED) is 0.588. The van der Waals surface area contributed by atoms with Crippen LogP contribution in [0.15, 0.2) is 52.9 Å². The van der Waals surface area contributed by atoms with Gasteiger partial charge in [0.1, 0.15) is 17.3 Å². The van der Waals surface area contributed by atoms with Crippen LogP contribution in [0.3, 0.4) is 0 Å². The van der Waals surface area contributed by atoms with Gasteiger partial charge in [-0.05, 0) is 62.5 Å². The predicted octanol–water partition coefficient (Wildman–Crippen LogP) is 5.05. The average Bonchev–Trinajstić information content (AvgIpc) is 3.14. The average molecular weight is 392 g/mol. The number of methoxy groups -OCH3 is 2. The van der Waals surface area contributed by atoms with Crippen LogP contribution in [0, 0.1) is 6.92 Å². The maximum atomic E-state index is 6.00. The largest absolute Gasteiger partial charge is 0.497 e. The van der Waals surface area contributed by atoms with Crippen molar-refractivity contribution in [3.63, 3.8) is 0 Å². The Bertz CT molecular complexity index is 944. The zero-order chi connectivity index (χ0) is 20.2. The van der Waals surface area contributed by atoms with E-state index < -0.39 is 0 Å². The van der Waals surface area contributed by atoms with Crippen molar-refractivity contribution in [1.29, 1.82) is 0 Å². The van der Waals surface area contributed by atoms with E-state index in [9.17, 15) is 0 Å². The Kier molecular flexibility index (Phi) is 5.86. The molecule has 152 valence electrons. The molecule has 0 bridgehead atoms. The number of piperidine rings is 1. The SMILES string of the molecule is COc1ccc(OC)c(-c2nc(CN3CCC(c4ccccc4)CC3)c(C)o2)c1. The third-order valence-corrected chi connectivity index (χ3v) is 5.76. The highest BCUT2D eigenvalue weighted by Gasteiger charge is 2.23. The molecular formula is C24H28N2O3. The topological polar surface area (TPSA) is 47.7 Å². The highest BCUT2D eigenvalue weighted by molar-refractivity contribution is 5.65. The van der Waals surface area contributed by atoms with Gasteiger partial charge in [-0.25, -0.2) is 4.98 Å². The van der Waals surface area contributed by atoms with Gasteiger partial charge < -0.3 is 13.9 Å². The summed E-state index contributed by atoms with van der Waals surface area (Å²) in [4.78, 5) is 7.26. The molecule has 3 aromatic rings. The minimum Gasteiger partial charge on any atom is -0.497 e. The molecule has 1 aliphatic rings. The Labute approximate surface area is 172 Å². The molecule has 1 fully saturated rings. The summed E-state index contributed by atoms with van der Waals surface area (Å²) in [6.07, 6.45) is 2.36. The lowest BCUT2D eigenvalue weighted by Crippen LogP contribution is -2.32. The van der Waals surface area contributed by atoms with Crippen molar-refractivity contribution in [2.45, 2.75) is 32.2 Å². The number of hydrogen-bond donors (Lipinski definition) is 0. The number of likely N-dealkylation sites (tertiary alicyclic amines) is 1. The molecule has 0 aliphatic carbocycles. The van der Waals surface area contributed by atoms with Gasteiger partial charge in [0.25, 0.3) is 0 Å². The fourth-order valence-corrected chi connectivity index (χ4v) is 4.03. The lowest BCUT2D eigenvalue weighted by molar-refractivity contribution is 0.202. The second-order valence-corrected chi connectivity index (χ2v) is 7.55. The molecule has 0 unspecified atom stereocenters. The van der Waals surface area contributed by atoms with Gasteiger partial charge in [0.15, 0.2) is 0 Å². The summed E-state index contributed by atoms with van der Waals surface area (Å²) in [5, 5.41) is 0. The van der Waals surface area contributed by atoms with Gasteiger partial charge in [-0.1, -0.05) is 30.3 Å². The van der Waals surface area contributed by atoms with Crippen molar-refractivity contribution in [3.8, 4) is 23.0 Å². The molecule has 1 saturated heterocycles. The molecule has 4 rings (SSSR count). The molecule has 0 amide bonds. The molecule has 0 spiro atoms. The summed E-state index contributed by atoms with van der Waals surface area (Å²) >= 11 is 0. The lowest BCUT2D eigenvalue weighted by atomic mass is 9.89. The van der Waals surface area contributed by atoms with E-state index in [1.807, 2.05) is 25.1 Å². The molecule has 0 radical (unpaired) electrons. The third kappa shape index (κ3) is 4.30. The third-order valence-electron chi connectivity index (χ3n) is 5.76. The molecule has 0 saturated carbocycles. The molecular weight excluding hydrogens is 364 g/mol. The van der Waals surface area contributed by atoms with Gasteiger partial charge in [-0.15, -0.1) is 0 Å². The summed E-state index contributed by atoms with van der Waals surface area (Å²) < 4.78 is 16.8. The van der Waals surface area contributed by atoms with Crippen LogP contribution in [0.4, 0.5) is 0 Å². The molecule has 0 atom stereocenters. The fourth-order valence-electron chi connectivity index (χ4n) is 4.03. The van der Waals surface area contributed by atoms with Crippen LogP contribution in [0.2, 0.25) is 0 Å². The van der Waals surface area contributed by atoms with Crippen molar-refractivity contribution in [2.24, 2.45) is 0 Å². The van der Waals surface area contributed by atoms with Crippen molar-refractivity contribution in [2.75, 3.05) is 27.3 Å². The van der Waals surface area contributed by atoms with Gasteiger partial charge >= 0.3 is 0 Å². The molecule has 2 heterocycles. The second kappa shape index (κ2) is 8.70. The predicted molar refractivity (Wildman–Crippen MR) is 113 cm³/mol. The number of rotatable bonds is 6. The summed E-state index contributed by atoms with van der Waals surface area (Å²) in [7, 11) is 3.30. The lowest BCUT2D eigenvalue weighted by Gasteiger charge is -2.31. The van der Waals surface area contributed by atoms with Gasteiger partial charge in [0.05, 0.1) is 25.5 Å². The number of benzene rings is 2. The van der Waals surface area contributed by atoms with Crippen molar-refractivity contribution in [1.82, 2.24) is 9.88 Å². The molecule has 2 aromatic carbocycles. The minimum absolute atomic E-state index is 0.576. The molecule has 29 heavy (non-hydrogen) atoms. The Morgan fingerprint density at radius 1 is 1.03 bits per heavy atom. The van der Waals surface area contributed by atoms with Gasteiger partial charge in [-0.3, -0.25) is 4.90 Å². The van der Waals surface area contributed by atoms with Gasteiger partial charge in [-0.2, -0.15) is 0 Å². The smallest absolute Gasteiger partial charge is 0.230 e. The van der Waals surface area contributed by atoms with E-state index in [-0.39, 0.29) is 0 Å². The zero-order valence-corrected chi connectivity index (χ0v) is 17.4. The van der Waals surface area contributed by atoms with Crippen LogP contribution in [-0.4, -0.2) is 37.2 Å². The summed E-state index contributed by atoms with van der Waals surface area (Å²) in [6.45, 7) is 4.94. The first-order chi connectivity index (χ1) is 14.2. The standard InChI is InChI=1S/C24H28N2O3/c1-17-22(16-26-13-11-19(12-14-26)18-7-5-4-6-8-18)25-24(29-17)21-15-20(27-2)9-10-23(21)28-3/h4-10,15,19H,11-14,16H2,1-3H3. The first-order valence-electron chi connectivity index (χ1n) is 10.1. The van der Waals surface area contributed by atoms with Crippen LogP contribution in [0.25, 0.3) is 11.5 Å². The van der Waals surface area contributed by atoms with Crippen molar-refractivity contribution >= 4 is 0 Å². The van der Waals surface area contributed by atoms with E-state index in [1.54, 1.807) is 14.2 Å². The number of hydrogen-bond acceptors (Lipinski definition) is 5. The number of oxazole rings is 1. The molecule has 1 aliphatic heterocycles. The van der Waals surface area contributed by atoms with Gasteiger partial charge in [0.2, 0.25) is 5.89 Å². The van der Waals surface area contributed by atoms with E-state index in [4.69, 9.17) is 18.9 Å². The number of ether oxygens (including phenoxy) is 2. The van der Waals surface area contributed by atoms with E-state index in [1.165, 1.54) is 18.4 Å². The summed E-state index contributed by atoms with van der Waals surface area (Å²) in [5.74, 6) is 3.56. The van der Waals surface area contributed by atoms with E-state index in [0.717, 1.165) is 48.2 Å². The zero-order valence-electron chi connectivity index (χ0n) is 17.4. The monoisotopic (exact) mass is 392 g/mol. The Hall–Kier alpha value is -2.79. The van der Waals surface area contributed by atoms with Crippen LogP contribution < -0.4 is 9.47 Å². The molecule has 1 aromatic heterocycles. The Morgan fingerprint density at radius 3 is 2.48 bits per heavy atom.